The molecule has 1 saturated heterocycles. The molecule has 3 rings (SSSR count). The van der Waals surface area contributed by atoms with E-state index in [1.54, 1.807) is 29.4 Å². The quantitative estimate of drug-likeness (QED) is 0.473. The molecule has 0 unspecified atom stereocenters. The van der Waals surface area contributed by atoms with E-state index in [0.717, 1.165) is 0 Å². The lowest BCUT2D eigenvalue weighted by molar-refractivity contribution is -0.0746. The Balaban J connectivity index is 2.04. The average Bonchev–Trinajstić information content (AvgIpc) is 3.14. The Labute approximate surface area is 143 Å². The Bertz CT molecular complexity index is 844. The highest BCUT2D eigenvalue weighted by atomic mass is 16.6. The van der Waals surface area contributed by atoms with Crippen LogP contribution in [0.2, 0.25) is 0 Å². The van der Waals surface area contributed by atoms with Crippen LogP contribution in [0, 0.1) is 11.3 Å². The fraction of sp³-hybridized carbons (Fsp3) is 0.467. The van der Waals surface area contributed by atoms with E-state index < -0.39 is 30.5 Å². The molecular formula is C15H18N6O4. The van der Waals surface area contributed by atoms with Gasteiger partial charge in [0.2, 0.25) is 5.60 Å². The van der Waals surface area contributed by atoms with Gasteiger partial charge in [0.15, 0.2) is 5.82 Å². The zero-order chi connectivity index (χ0) is 18.2. The van der Waals surface area contributed by atoms with Crippen molar-refractivity contribution in [2.75, 3.05) is 20.7 Å². The normalized spacial score (nSPS) is 29.4. The second kappa shape index (κ2) is 6.38. The number of rotatable bonds is 4. The van der Waals surface area contributed by atoms with Crippen molar-refractivity contribution in [1.82, 2.24) is 19.5 Å². The Morgan fingerprint density at radius 1 is 1.48 bits per heavy atom. The molecule has 10 nitrogen and oxygen atoms in total. The SMILES string of the molecule is CN(C)/C=N\c1ncnn2c([C@@H]3O[C@](C#N)(CO)[C@@H](O)[C@H]3O)ccc12. The third-order valence-electron chi connectivity index (χ3n) is 4.04. The van der Waals surface area contributed by atoms with Gasteiger partial charge in [0, 0.05) is 14.1 Å². The summed E-state index contributed by atoms with van der Waals surface area (Å²) in [6.07, 6.45) is -1.09. The number of aliphatic hydroxyl groups is 3. The third kappa shape index (κ3) is 2.73. The molecule has 3 N–H and O–H groups in total. The van der Waals surface area contributed by atoms with Gasteiger partial charge >= 0.3 is 0 Å². The summed E-state index contributed by atoms with van der Waals surface area (Å²) in [5.74, 6) is 0.414. The van der Waals surface area contributed by atoms with Crippen molar-refractivity contribution in [1.29, 1.82) is 5.26 Å². The first kappa shape index (κ1) is 17.2. The van der Waals surface area contributed by atoms with Crippen LogP contribution >= 0.6 is 0 Å². The van der Waals surface area contributed by atoms with Crippen LogP contribution in [-0.4, -0.2) is 79.7 Å². The van der Waals surface area contributed by atoms with Gasteiger partial charge in [-0.3, -0.25) is 0 Å². The van der Waals surface area contributed by atoms with Gasteiger partial charge in [-0.15, -0.1) is 0 Å². The zero-order valence-corrected chi connectivity index (χ0v) is 13.7. The predicted octanol–water partition coefficient (Wildman–Crippen LogP) is -1.00. The summed E-state index contributed by atoms with van der Waals surface area (Å²) in [5, 5.41) is 43.2. The molecular weight excluding hydrogens is 328 g/mol. The van der Waals surface area contributed by atoms with Crippen LogP contribution in [0.1, 0.15) is 11.8 Å². The molecule has 1 aliphatic heterocycles. The van der Waals surface area contributed by atoms with Crippen molar-refractivity contribution in [2.45, 2.75) is 23.9 Å². The van der Waals surface area contributed by atoms with E-state index in [0.29, 0.717) is 17.0 Å². The van der Waals surface area contributed by atoms with E-state index in [-0.39, 0.29) is 0 Å². The molecule has 0 saturated carbocycles. The summed E-state index contributed by atoms with van der Waals surface area (Å²) >= 11 is 0. The number of aliphatic hydroxyl groups excluding tert-OH is 3. The molecule has 2 aromatic rings. The van der Waals surface area contributed by atoms with Crippen LogP contribution in [0.3, 0.4) is 0 Å². The monoisotopic (exact) mass is 346 g/mol. The standard InChI is InChI=1S/C15H18N6O4/c1-20(2)8-18-14-10-4-3-9(21(10)19-7-17-14)12-11(23)13(24)15(5-16,6-22)25-12/h3-4,7-8,11-13,22-24H,6H2,1-2H3/b18-8-/t11-,12-,13-,15+/m0/s1. The summed E-state index contributed by atoms with van der Waals surface area (Å²) in [6, 6.07) is 5.08. The lowest BCUT2D eigenvalue weighted by Gasteiger charge is -2.21. The Hall–Kier alpha value is -2.58. The molecule has 4 atom stereocenters. The minimum atomic E-state index is -1.88. The highest BCUT2D eigenvalue weighted by Gasteiger charge is 2.55. The Kier molecular flexibility index (Phi) is 4.40. The first-order valence-corrected chi connectivity index (χ1v) is 7.53. The molecule has 3 heterocycles. The number of nitriles is 1. The lowest BCUT2D eigenvalue weighted by atomic mass is 9.96. The van der Waals surface area contributed by atoms with E-state index in [1.165, 1.54) is 10.8 Å². The van der Waals surface area contributed by atoms with Crippen molar-refractivity contribution in [2.24, 2.45) is 4.99 Å². The van der Waals surface area contributed by atoms with Crippen LogP contribution in [0.4, 0.5) is 5.82 Å². The number of hydrogen-bond acceptors (Lipinski definition) is 8. The van der Waals surface area contributed by atoms with Crippen molar-refractivity contribution >= 4 is 17.7 Å². The van der Waals surface area contributed by atoms with E-state index >= 15 is 0 Å². The van der Waals surface area contributed by atoms with Crippen molar-refractivity contribution in [3.63, 3.8) is 0 Å². The fourth-order valence-corrected chi connectivity index (χ4v) is 2.73. The van der Waals surface area contributed by atoms with E-state index in [1.807, 2.05) is 14.1 Å². The highest BCUT2D eigenvalue weighted by molar-refractivity contribution is 5.70. The summed E-state index contributed by atoms with van der Waals surface area (Å²) < 4.78 is 7.00. The summed E-state index contributed by atoms with van der Waals surface area (Å²) in [4.78, 5) is 10.1. The van der Waals surface area contributed by atoms with Gasteiger partial charge in [-0.25, -0.2) is 14.5 Å². The first-order chi connectivity index (χ1) is 11.9. The topological polar surface area (TPSA) is 140 Å². The second-order valence-electron chi connectivity index (χ2n) is 5.98. The first-order valence-electron chi connectivity index (χ1n) is 7.53. The smallest absolute Gasteiger partial charge is 0.206 e. The summed E-state index contributed by atoms with van der Waals surface area (Å²) in [5.41, 5.74) is -0.900. The number of hydrogen-bond donors (Lipinski definition) is 3. The van der Waals surface area contributed by atoms with Gasteiger partial charge in [-0.2, -0.15) is 10.4 Å². The van der Waals surface area contributed by atoms with Gasteiger partial charge in [-0.05, 0) is 12.1 Å². The van der Waals surface area contributed by atoms with Crippen molar-refractivity contribution in [3.05, 3.63) is 24.2 Å². The molecule has 10 heteroatoms. The summed E-state index contributed by atoms with van der Waals surface area (Å²) in [7, 11) is 3.65. The van der Waals surface area contributed by atoms with Gasteiger partial charge < -0.3 is 25.0 Å². The molecule has 0 spiro atoms. The molecule has 132 valence electrons. The van der Waals surface area contributed by atoms with Gasteiger partial charge in [-0.1, -0.05) is 0 Å². The van der Waals surface area contributed by atoms with E-state index in [4.69, 9.17) is 4.74 Å². The van der Waals surface area contributed by atoms with Gasteiger partial charge in [0.1, 0.15) is 36.2 Å². The maximum absolute atomic E-state index is 10.3. The fourth-order valence-electron chi connectivity index (χ4n) is 2.73. The van der Waals surface area contributed by atoms with Crippen LogP contribution in [0.15, 0.2) is 23.5 Å². The number of aliphatic imine (C=N–C) groups is 1. The molecule has 1 aliphatic rings. The lowest BCUT2D eigenvalue weighted by Crippen LogP contribution is -2.44. The minimum absolute atomic E-state index is 0.413. The number of ether oxygens (including phenoxy) is 1. The molecule has 0 aromatic carbocycles. The number of aromatic nitrogens is 3. The molecule has 0 amide bonds. The molecule has 0 bridgehead atoms. The molecule has 2 aromatic heterocycles. The zero-order valence-electron chi connectivity index (χ0n) is 13.7. The van der Waals surface area contributed by atoms with Gasteiger partial charge in [0.05, 0.1) is 18.6 Å². The van der Waals surface area contributed by atoms with Crippen LogP contribution in [-0.2, 0) is 4.74 Å². The highest BCUT2D eigenvalue weighted by Crippen LogP contribution is 2.40. The Morgan fingerprint density at radius 2 is 2.24 bits per heavy atom. The largest absolute Gasteiger partial charge is 0.392 e. The second-order valence-corrected chi connectivity index (χ2v) is 5.98. The minimum Gasteiger partial charge on any atom is -0.392 e. The number of fused-ring (bicyclic) bond motifs is 1. The van der Waals surface area contributed by atoms with E-state index in [9.17, 15) is 20.6 Å². The molecule has 25 heavy (non-hydrogen) atoms. The summed E-state index contributed by atoms with van der Waals surface area (Å²) in [6.45, 7) is -0.741. The number of nitrogens with zero attached hydrogens (tertiary/aromatic N) is 6. The molecule has 1 fully saturated rings. The Morgan fingerprint density at radius 3 is 2.84 bits per heavy atom. The van der Waals surface area contributed by atoms with Crippen LogP contribution < -0.4 is 0 Å². The van der Waals surface area contributed by atoms with Crippen LogP contribution in [0.5, 0.6) is 0 Å². The predicted molar refractivity (Wildman–Crippen MR) is 86.1 cm³/mol. The third-order valence-corrected chi connectivity index (χ3v) is 4.04. The van der Waals surface area contributed by atoms with Gasteiger partial charge in [0.25, 0.3) is 0 Å². The maximum Gasteiger partial charge on any atom is 0.206 e. The van der Waals surface area contributed by atoms with Crippen LogP contribution in [0.25, 0.3) is 5.52 Å². The van der Waals surface area contributed by atoms with Crippen molar-refractivity contribution < 1.29 is 20.1 Å². The van der Waals surface area contributed by atoms with E-state index in [2.05, 4.69) is 15.1 Å². The van der Waals surface area contributed by atoms with Crippen molar-refractivity contribution in [3.8, 4) is 6.07 Å². The molecule has 0 radical (unpaired) electrons. The maximum atomic E-state index is 10.3. The molecule has 0 aliphatic carbocycles. The average molecular weight is 346 g/mol.